The molecule has 0 bridgehead atoms. The van der Waals surface area contributed by atoms with Crippen molar-refractivity contribution in [1.29, 1.82) is 0 Å². The average Bonchev–Trinajstić information content (AvgIpc) is 2.90. The summed E-state index contributed by atoms with van der Waals surface area (Å²) in [5, 5.41) is 9.94. The first kappa shape index (κ1) is 19.0. The van der Waals surface area contributed by atoms with Gasteiger partial charge in [0.2, 0.25) is 0 Å². The van der Waals surface area contributed by atoms with Gasteiger partial charge in [-0.2, -0.15) is 0 Å². The fourth-order valence-corrected chi connectivity index (χ4v) is 6.84. The zero-order chi connectivity index (χ0) is 17.0. The molecule has 7 heteroatoms. The van der Waals surface area contributed by atoms with Crippen molar-refractivity contribution in [1.82, 2.24) is 4.72 Å². The van der Waals surface area contributed by atoms with Crippen LogP contribution in [0.3, 0.4) is 0 Å². The molecule has 0 radical (unpaired) electrons. The van der Waals surface area contributed by atoms with Crippen LogP contribution in [0.4, 0.5) is 0 Å². The zero-order valence-electron chi connectivity index (χ0n) is 13.6. The summed E-state index contributed by atoms with van der Waals surface area (Å²) in [6, 6.07) is 7.30. The fourth-order valence-electron chi connectivity index (χ4n) is 2.23. The van der Waals surface area contributed by atoms with Crippen LogP contribution in [0.25, 0.3) is 0 Å². The highest BCUT2D eigenvalue weighted by atomic mass is 32.2. The molecule has 2 unspecified atom stereocenters. The van der Waals surface area contributed by atoms with Crippen LogP contribution in [0.5, 0.6) is 0 Å². The average molecular weight is 374 g/mol. The van der Waals surface area contributed by atoms with Gasteiger partial charge >= 0.3 is 5.97 Å². The van der Waals surface area contributed by atoms with Crippen molar-refractivity contribution in [3.8, 4) is 0 Å². The second-order valence-electron chi connectivity index (χ2n) is 6.13. The minimum atomic E-state index is -1.54. The second-order valence-corrected chi connectivity index (χ2v) is 10.3. The summed E-state index contributed by atoms with van der Waals surface area (Å²) < 4.78 is 14.1. The Morgan fingerprint density at radius 1 is 1.48 bits per heavy atom. The molecule has 0 aromatic heterocycles. The van der Waals surface area contributed by atoms with Crippen LogP contribution in [0, 0.1) is 12.8 Å². The molecule has 3 atom stereocenters. The van der Waals surface area contributed by atoms with Crippen LogP contribution in [-0.4, -0.2) is 30.8 Å². The monoisotopic (exact) mass is 373 g/mol. The molecule has 1 aromatic rings. The number of carbonyl (C=O) groups is 1. The van der Waals surface area contributed by atoms with Gasteiger partial charge < -0.3 is 9.66 Å². The third kappa shape index (κ3) is 5.06. The molecule has 0 saturated carbocycles. The lowest BCUT2D eigenvalue weighted by atomic mass is 10.1. The molecule has 23 heavy (non-hydrogen) atoms. The summed E-state index contributed by atoms with van der Waals surface area (Å²) in [6.07, 6.45) is 2.07. The van der Waals surface area contributed by atoms with Crippen LogP contribution in [0.15, 0.2) is 29.2 Å². The van der Waals surface area contributed by atoms with Gasteiger partial charge in [0.1, 0.15) is 0 Å². The highest BCUT2D eigenvalue weighted by molar-refractivity contribution is 8.23. The molecular formula is C16H23NO3S3. The normalized spacial score (nSPS) is 25.7. The Balaban J connectivity index is 2.04. The number of hydrogen-bond donors (Lipinski definition) is 2. The largest absolute Gasteiger partial charge is 0.593 e. The van der Waals surface area contributed by atoms with Crippen molar-refractivity contribution in [2.24, 2.45) is 5.92 Å². The number of nitrogens with one attached hydrogen (secondary N) is 1. The van der Waals surface area contributed by atoms with E-state index in [9.17, 15) is 14.5 Å². The van der Waals surface area contributed by atoms with E-state index in [1.807, 2.05) is 19.1 Å². The Kier molecular flexibility index (Phi) is 6.74. The van der Waals surface area contributed by atoms with Crippen LogP contribution in [0.1, 0.15) is 32.3 Å². The van der Waals surface area contributed by atoms with E-state index in [1.54, 1.807) is 12.1 Å². The van der Waals surface area contributed by atoms with Crippen molar-refractivity contribution in [3.05, 3.63) is 29.8 Å². The Bertz CT molecular complexity index is 538. The highest BCUT2D eigenvalue weighted by Gasteiger charge is 2.51. The molecule has 1 aliphatic rings. The van der Waals surface area contributed by atoms with Gasteiger partial charge in [-0.1, -0.05) is 36.3 Å². The summed E-state index contributed by atoms with van der Waals surface area (Å²) in [6.45, 7) is 6.30. The Labute approximate surface area is 149 Å². The predicted molar refractivity (Wildman–Crippen MR) is 99.0 cm³/mol. The maximum atomic E-state index is 12.5. The molecule has 1 fully saturated rings. The van der Waals surface area contributed by atoms with Crippen molar-refractivity contribution in [2.75, 3.05) is 5.75 Å². The third-order valence-corrected chi connectivity index (χ3v) is 8.51. The maximum Gasteiger partial charge on any atom is 0.349 e. The second kappa shape index (κ2) is 8.16. The number of aryl methyl sites for hydroxylation is 1. The molecule has 0 aliphatic carbocycles. The van der Waals surface area contributed by atoms with Crippen molar-refractivity contribution in [3.63, 3.8) is 0 Å². The number of carboxylic acids is 1. The number of aliphatic carboxylic acids is 1. The summed E-state index contributed by atoms with van der Waals surface area (Å²) in [5.41, 5.74) is 1.08. The summed E-state index contributed by atoms with van der Waals surface area (Å²) in [7, 11) is 0. The van der Waals surface area contributed by atoms with Crippen LogP contribution >= 0.6 is 23.5 Å². The van der Waals surface area contributed by atoms with E-state index in [0.717, 1.165) is 24.2 Å². The zero-order valence-corrected chi connectivity index (χ0v) is 16.0. The van der Waals surface area contributed by atoms with Crippen molar-refractivity contribution >= 4 is 40.9 Å². The van der Waals surface area contributed by atoms with E-state index in [1.165, 1.54) is 23.5 Å². The Morgan fingerprint density at radius 2 is 2.13 bits per heavy atom. The van der Waals surface area contributed by atoms with E-state index in [0.29, 0.717) is 10.8 Å². The van der Waals surface area contributed by atoms with Gasteiger partial charge in [-0.3, -0.25) is 0 Å². The van der Waals surface area contributed by atoms with Gasteiger partial charge in [0.15, 0.2) is 4.90 Å². The molecule has 0 amide bonds. The quantitative estimate of drug-likeness (QED) is 0.711. The third-order valence-electron chi connectivity index (χ3n) is 3.61. The molecule has 1 aromatic carbocycles. The molecule has 4 nitrogen and oxygen atoms in total. The number of rotatable bonds is 7. The lowest BCUT2D eigenvalue weighted by Gasteiger charge is -2.24. The molecule has 128 valence electrons. The number of hydrogen-bond acceptors (Lipinski definition) is 5. The van der Waals surface area contributed by atoms with E-state index in [4.69, 9.17) is 0 Å². The predicted octanol–water partition coefficient (Wildman–Crippen LogP) is 3.63. The number of thioether (sulfide) groups is 2. The smallest absolute Gasteiger partial charge is 0.349 e. The van der Waals surface area contributed by atoms with E-state index in [-0.39, 0.29) is 5.25 Å². The highest BCUT2D eigenvalue weighted by Crippen LogP contribution is 2.48. The first-order chi connectivity index (χ1) is 10.8. The van der Waals surface area contributed by atoms with Gasteiger partial charge in [-0.15, -0.1) is 23.5 Å². The molecule has 1 saturated heterocycles. The van der Waals surface area contributed by atoms with Crippen molar-refractivity contribution < 1.29 is 14.5 Å². The van der Waals surface area contributed by atoms with E-state index < -0.39 is 21.5 Å². The topological polar surface area (TPSA) is 72.4 Å². The van der Waals surface area contributed by atoms with Crippen LogP contribution < -0.4 is 4.72 Å². The molecule has 0 spiro atoms. The Morgan fingerprint density at radius 3 is 2.70 bits per heavy atom. The minimum absolute atomic E-state index is 0.279. The van der Waals surface area contributed by atoms with Gasteiger partial charge in [-0.25, -0.2) is 4.79 Å². The fraction of sp³-hybridized carbons (Fsp3) is 0.562. The number of carboxylic acid groups (broad SMARTS) is 1. The lowest BCUT2D eigenvalue weighted by Crippen LogP contribution is -2.48. The van der Waals surface area contributed by atoms with Crippen LogP contribution in [0.2, 0.25) is 0 Å². The van der Waals surface area contributed by atoms with E-state index >= 15 is 0 Å². The first-order valence-corrected chi connectivity index (χ1v) is 10.7. The van der Waals surface area contributed by atoms with Gasteiger partial charge in [0.05, 0.1) is 11.4 Å². The minimum Gasteiger partial charge on any atom is -0.593 e. The Hall–Kier alpha value is -0.340. The standard InChI is InChI=1S/C16H23NO3S3/c1-11(2)4-7-13-10-21-16(22-13,15(18)19)17-23(20)14-8-5-12(3)6-9-14/h5-6,8-9,11,13,17H,4,7,10H2,1-3H3,(H,18,19)/t13?,16-,23?/m0/s1. The molecule has 2 N–H and O–H groups in total. The van der Waals surface area contributed by atoms with Gasteiger partial charge in [0, 0.05) is 11.0 Å². The van der Waals surface area contributed by atoms with E-state index in [2.05, 4.69) is 18.6 Å². The molecule has 2 rings (SSSR count). The molecule has 1 aliphatic heterocycles. The summed E-state index contributed by atoms with van der Waals surface area (Å²) >= 11 is 1.20. The first-order valence-electron chi connectivity index (χ1n) is 7.64. The molecule has 1 heterocycles. The van der Waals surface area contributed by atoms with Gasteiger partial charge in [-0.05, 0) is 37.8 Å². The lowest BCUT2D eigenvalue weighted by molar-refractivity contribution is -0.137. The van der Waals surface area contributed by atoms with Crippen molar-refractivity contribution in [2.45, 2.75) is 48.0 Å². The molecular weight excluding hydrogens is 350 g/mol. The summed E-state index contributed by atoms with van der Waals surface area (Å²) in [4.78, 5) is 12.4. The SMILES string of the molecule is Cc1ccc([S+]([O-])N[C@@]2(C(=O)O)SCC(CCC(C)C)S2)cc1. The maximum absolute atomic E-state index is 12.5. The van der Waals surface area contributed by atoms with Crippen LogP contribution in [-0.2, 0) is 16.2 Å². The van der Waals surface area contributed by atoms with Gasteiger partial charge in [0.25, 0.3) is 4.20 Å². The summed E-state index contributed by atoms with van der Waals surface area (Å²) in [5.74, 6) is 0.414. The number of benzene rings is 1.